The number of hydrogen-bond donors (Lipinski definition) is 1. The third-order valence-electron chi connectivity index (χ3n) is 4.87. The van der Waals surface area contributed by atoms with Gasteiger partial charge in [-0.05, 0) is 30.9 Å². The summed E-state index contributed by atoms with van der Waals surface area (Å²) in [5.74, 6) is -1.89. The van der Waals surface area contributed by atoms with Crippen LogP contribution in [0.3, 0.4) is 0 Å². The van der Waals surface area contributed by atoms with Gasteiger partial charge in [0.2, 0.25) is 5.95 Å². The van der Waals surface area contributed by atoms with Gasteiger partial charge in [0.25, 0.3) is 5.89 Å². The van der Waals surface area contributed by atoms with Crippen LogP contribution in [0.1, 0.15) is 36.3 Å². The highest BCUT2D eigenvalue weighted by molar-refractivity contribution is 5.51. The van der Waals surface area contributed by atoms with Crippen LogP contribution in [0.5, 0.6) is 0 Å². The fourth-order valence-corrected chi connectivity index (χ4v) is 3.31. The highest BCUT2D eigenvalue weighted by atomic mass is 19.4. The van der Waals surface area contributed by atoms with E-state index in [1.54, 1.807) is 0 Å². The molecule has 0 bridgehead atoms. The lowest BCUT2D eigenvalue weighted by Crippen LogP contribution is -2.44. The Labute approximate surface area is 165 Å². The van der Waals surface area contributed by atoms with Crippen molar-refractivity contribution in [3.8, 4) is 11.5 Å². The van der Waals surface area contributed by atoms with E-state index in [9.17, 15) is 26.3 Å². The van der Waals surface area contributed by atoms with Crippen molar-refractivity contribution in [2.45, 2.75) is 37.2 Å². The second-order valence-electron chi connectivity index (χ2n) is 6.81. The zero-order valence-corrected chi connectivity index (χ0v) is 15.1. The van der Waals surface area contributed by atoms with Crippen LogP contribution >= 0.6 is 0 Å². The van der Waals surface area contributed by atoms with Gasteiger partial charge in [0.1, 0.15) is 0 Å². The molecule has 12 heteroatoms. The molecule has 0 aliphatic heterocycles. The van der Waals surface area contributed by atoms with Crippen molar-refractivity contribution in [1.82, 2.24) is 20.2 Å². The summed E-state index contributed by atoms with van der Waals surface area (Å²) in [7, 11) is 0. The molecule has 1 fully saturated rings. The van der Waals surface area contributed by atoms with E-state index in [4.69, 9.17) is 0 Å². The van der Waals surface area contributed by atoms with Gasteiger partial charge in [-0.2, -0.15) is 26.3 Å². The van der Waals surface area contributed by atoms with Gasteiger partial charge < -0.3 is 9.73 Å². The largest absolute Gasteiger partial charge is 0.470 e. The van der Waals surface area contributed by atoms with Crippen LogP contribution in [0.4, 0.5) is 32.3 Å². The SMILES string of the molecule is FC(F)(F)c1nnc(-c2cnc(NC3(c4ccccc4C(F)(F)F)CCC3)nc2)o1. The van der Waals surface area contributed by atoms with Crippen LogP contribution < -0.4 is 5.32 Å². The van der Waals surface area contributed by atoms with Crippen molar-refractivity contribution in [3.05, 3.63) is 53.7 Å². The summed E-state index contributed by atoms with van der Waals surface area (Å²) in [5, 5.41) is 9.19. The molecule has 1 aliphatic carbocycles. The molecule has 4 rings (SSSR count). The quantitative estimate of drug-likeness (QED) is 0.585. The van der Waals surface area contributed by atoms with Gasteiger partial charge in [-0.25, -0.2) is 9.97 Å². The number of nitrogens with zero attached hydrogens (tertiary/aromatic N) is 4. The van der Waals surface area contributed by atoms with E-state index in [-0.39, 0.29) is 17.1 Å². The predicted molar refractivity (Wildman–Crippen MR) is 90.9 cm³/mol. The van der Waals surface area contributed by atoms with Crippen LogP contribution in [-0.2, 0) is 17.9 Å². The first-order chi connectivity index (χ1) is 14.1. The van der Waals surface area contributed by atoms with Gasteiger partial charge in [0, 0.05) is 12.4 Å². The number of hydrogen-bond acceptors (Lipinski definition) is 6. The van der Waals surface area contributed by atoms with E-state index in [1.807, 2.05) is 0 Å². The zero-order chi connectivity index (χ0) is 21.6. The predicted octanol–water partition coefficient (Wildman–Crippen LogP) is 5.06. The number of alkyl halides is 6. The summed E-state index contributed by atoms with van der Waals surface area (Å²) in [6.07, 6.45) is -5.36. The number of benzene rings is 1. The second kappa shape index (κ2) is 6.96. The molecule has 0 spiro atoms. The van der Waals surface area contributed by atoms with E-state index in [2.05, 4.69) is 29.9 Å². The van der Waals surface area contributed by atoms with E-state index >= 15 is 0 Å². The van der Waals surface area contributed by atoms with Gasteiger partial charge in [-0.3, -0.25) is 0 Å². The number of anilines is 1. The van der Waals surface area contributed by atoms with E-state index in [0.717, 1.165) is 24.9 Å². The third-order valence-corrected chi connectivity index (χ3v) is 4.87. The molecule has 1 aromatic carbocycles. The molecule has 6 nitrogen and oxygen atoms in total. The highest BCUT2D eigenvalue weighted by Crippen LogP contribution is 2.48. The Kier molecular flexibility index (Phi) is 4.66. The average Bonchev–Trinajstić information content (AvgIpc) is 3.15. The average molecular weight is 429 g/mol. The number of halogens is 6. The Morgan fingerprint density at radius 3 is 2.10 bits per heavy atom. The molecule has 1 saturated carbocycles. The topological polar surface area (TPSA) is 76.7 Å². The summed E-state index contributed by atoms with van der Waals surface area (Å²) in [6, 6.07) is 5.29. The molecular weight excluding hydrogens is 416 g/mol. The van der Waals surface area contributed by atoms with E-state index in [0.29, 0.717) is 12.8 Å². The van der Waals surface area contributed by atoms with Crippen molar-refractivity contribution in [1.29, 1.82) is 0 Å². The molecule has 0 atom stereocenters. The Morgan fingerprint density at radius 2 is 1.57 bits per heavy atom. The summed E-state index contributed by atoms with van der Waals surface area (Å²) < 4.78 is 82.6. The molecular formula is C18H13F6N5O. The van der Waals surface area contributed by atoms with Crippen LogP contribution in [-0.4, -0.2) is 20.2 Å². The maximum absolute atomic E-state index is 13.4. The minimum Gasteiger partial charge on any atom is -0.413 e. The van der Waals surface area contributed by atoms with Crippen molar-refractivity contribution < 1.29 is 30.8 Å². The Morgan fingerprint density at radius 1 is 0.900 bits per heavy atom. The maximum atomic E-state index is 13.4. The minimum atomic E-state index is -4.78. The van der Waals surface area contributed by atoms with E-state index < -0.39 is 35.2 Å². The lowest BCUT2D eigenvalue weighted by Gasteiger charge is -2.44. The Bertz CT molecular complexity index is 1040. The van der Waals surface area contributed by atoms with Gasteiger partial charge in [-0.15, -0.1) is 10.2 Å². The van der Waals surface area contributed by atoms with Crippen molar-refractivity contribution in [2.24, 2.45) is 0 Å². The first-order valence-electron chi connectivity index (χ1n) is 8.76. The molecule has 1 aliphatic rings. The van der Waals surface area contributed by atoms with Crippen molar-refractivity contribution in [2.75, 3.05) is 5.32 Å². The van der Waals surface area contributed by atoms with Crippen LogP contribution in [0.25, 0.3) is 11.5 Å². The monoisotopic (exact) mass is 429 g/mol. The molecule has 2 aromatic heterocycles. The molecule has 158 valence electrons. The summed E-state index contributed by atoms with van der Waals surface area (Å²) in [6.45, 7) is 0. The number of rotatable bonds is 4. The molecule has 3 aromatic rings. The molecule has 0 saturated heterocycles. The van der Waals surface area contributed by atoms with Gasteiger partial charge in [-0.1, -0.05) is 18.2 Å². The number of nitrogens with one attached hydrogen (secondary N) is 1. The van der Waals surface area contributed by atoms with Crippen LogP contribution in [0, 0.1) is 0 Å². The maximum Gasteiger partial charge on any atom is 0.470 e. The zero-order valence-electron chi connectivity index (χ0n) is 15.1. The van der Waals surface area contributed by atoms with Gasteiger partial charge >= 0.3 is 18.2 Å². The first-order valence-corrected chi connectivity index (χ1v) is 8.76. The summed E-state index contributed by atoms with van der Waals surface area (Å²) >= 11 is 0. The Balaban J connectivity index is 1.59. The van der Waals surface area contributed by atoms with E-state index in [1.165, 1.54) is 18.2 Å². The molecule has 0 amide bonds. The molecule has 2 heterocycles. The smallest absolute Gasteiger partial charge is 0.413 e. The normalized spacial score (nSPS) is 16.2. The fourth-order valence-electron chi connectivity index (χ4n) is 3.31. The first kappa shape index (κ1) is 20.1. The number of aromatic nitrogens is 4. The van der Waals surface area contributed by atoms with Crippen LogP contribution in [0.15, 0.2) is 41.1 Å². The summed E-state index contributed by atoms with van der Waals surface area (Å²) in [4.78, 5) is 8.00. The molecule has 1 N–H and O–H groups in total. The fraction of sp³-hybridized carbons (Fsp3) is 0.333. The molecule has 0 radical (unpaired) electrons. The van der Waals surface area contributed by atoms with Crippen molar-refractivity contribution >= 4 is 5.95 Å². The summed E-state index contributed by atoms with van der Waals surface area (Å²) in [5.41, 5.74) is -1.58. The minimum absolute atomic E-state index is 0.0333. The van der Waals surface area contributed by atoms with Crippen LogP contribution in [0.2, 0.25) is 0 Å². The second-order valence-corrected chi connectivity index (χ2v) is 6.81. The van der Waals surface area contributed by atoms with Crippen molar-refractivity contribution in [3.63, 3.8) is 0 Å². The third kappa shape index (κ3) is 3.68. The lowest BCUT2D eigenvalue weighted by atomic mass is 9.70. The molecule has 30 heavy (non-hydrogen) atoms. The van der Waals surface area contributed by atoms with Gasteiger partial charge in [0.05, 0.1) is 16.7 Å². The lowest BCUT2D eigenvalue weighted by molar-refractivity contribution is -0.157. The highest BCUT2D eigenvalue weighted by Gasteiger charge is 2.45. The standard InChI is InChI=1S/C18H13F6N5O/c19-17(20,21)12-5-2-1-4-11(12)16(6-3-7-16)27-15-25-8-10(9-26-15)13-28-29-14(30-13)18(22,23)24/h1-2,4-5,8-9H,3,6-7H2,(H,25,26,27). The Hall–Kier alpha value is -3.18. The molecule has 0 unspecified atom stereocenters. The van der Waals surface area contributed by atoms with Gasteiger partial charge in [0.15, 0.2) is 0 Å².